The molecule has 3 nitrogen and oxygen atoms in total. The van der Waals surface area contributed by atoms with Gasteiger partial charge in [0, 0.05) is 4.47 Å². The summed E-state index contributed by atoms with van der Waals surface area (Å²) in [5.41, 5.74) is 0. The van der Waals surface area contributed by atoms with E-state index >= 15 is 0 Å². The molecule has 12 heavy (non-hydrogen) atoms. The van der Waals surface area contributed by atoms with E-state index in [1.165, 1.54) is 18.2 Å². The van der Waals surface area contributed by atoms with Crippen molar-refractivity contribution in [2.75, 3.05) is 0 Å². The summed E-state index contributed by atoms with van der Waals surface area (Å²) in [5, 5.41) is 0. The Balaban J connectivity index is 0.00000121. The van der Waals surface area contributed by atoms with Crippen LogP contribution in [0.5, 0.6) is 0 Å². The van der Waals surface area contributed by atoms with Gasteiger partial charge in [-0.3, -0.25) is 0 Å². The van der Waals surface area contributed by atoms with E-state index in [2.05, 4.69) is 15.9 Å². The van der Waals surface area contributed by atoms with Crippen LogP contribution < -0.4 is 68.9 Å². The molecule has 0 spiro atoms. The van der Waals surface area contributed by atoms with Crippen LogP contribution in [0.2, 0.25) is 0 Å². The van der Waals surface area contributed by atoms with Crippen LogP contribution in [0.4, 0.5) is 0 Å². The molecular formula is C6H4BrCsO3S. The summed E-state index contributed by atoms with van der Waals surface area (Å²) in [4.78, 5) is -0.222. The van der Waals surface area contributed by atoms with Gasteiger partial charge in [-0.2, -0.15) is 0 Å². The van der Waals surface area contributed by atoms with Crippen LogP contribution in [-0.4, -0.2) is 13.0 Å². The summed E-state index contributed by atoms with van der Waals surface area (Å²) < 4.78 is 31.7. The van der Waals surface area contributed by atoms with Gasteiger partial charge in [0.1, 0.15) is 10.1 Å². The number of benzene rings is 1. The molecule has 60 valence electrons. The quantitative estimate of drug-likeness (QED) is 0.558. The molecule has 0 unspecified atom stereocenters. The van der Waals surface area contributed by atoms with Gasteiger partial charge in [0.05, 0.1) is 4.90 Å². The fourth-order valence-electron chi connectivity index (χ4n) is 0.647. The van der Waals surface area contributed by atoms with Crippen molar-refractivity contribution in [2.24, 2.45) is 0 Å². The van der Waals surface area contributed by atoms with E-state index in [1.807, 2.05) is 0 Å². The van der Waals surface area contributed by atoms with Gasteiger partial charge in [0.25, 0.3) is 0 Å². The first-order chi connectivity index (χ1) is 5.02. The van der Waals surface area contributed by atoms with Crippen molar-refractivity contribution in [3.8, 4) is 0 Å². The Morgan fingerprint density at radius 2 is 1.75 bits per heavy atom. The van der Waals surface area contributed by atoms with Crippen LogP contribution in [-0.2, 0) is 10.1 Å². The number of hydrogen-bond donors (Lipinski definition) is 0. The Hall–Kier alpha value is 1.66. The molecule has 0 aliphatic rings. The molecule has 0 aliphatic carbocycles. The third kappa shape index (κ3) is 3.81. The monoisotopic (exact) mass is 368 g/mol. The van der Waals surface area contributed by atoms with Crippen LogP contribution in [0.1, 0.15) is 0 Å². The van der Waals surface area contributed by atoms with Gasteiger partial charge in [-0.15, -0.1) is 0 Å². The largest absolute Gasteiger partial charge is 1.00 e. The molecule has 1 rings (SSSR count). The van der Waals surface area contributed by atoms with Crippen molar-refractivity contribution in [1.82, 2.24) is 0 Å². The Kier molecular flexibility index (Phi) is 6.28. The third-order valence-electron chi connectivity index (χ3n) is 1.11. The van der Waals surface area contributed by atoms with E-state index in [4.69, 9.17) is 0 Å². The van der Waals surface area contributed by atoms with Crippen molar-refractivity contribution < 1.29 is 81.9 Å². The molecule has 0 saturated carbocycles. The molecule has 0 bridgehead atoms. The number of hydrogen-bond acceptors (Lipinski definition) is 3. The summed E-state index contributed by atoms with van der Waals surface area (Å²) in [5.74, 6) is 0. The van der Waals surface area contributed by atoms with Crippen molar-refractivity contribution in [3.63, 3.8) is 0 Å². The van der Waals surface area contributed by atoms with Crippen molar-refractivity contribution >= 4 is 26.0 Å². The Morgan fingerprint density at radius 1 is 1.25 bits per heavy atom. The molecule has 0 atom stereocenters. The van der Waals surface area contributed by atoms with E-state index in [1.54, 1.807) is 6.07 Å². The predicted octanol–water partition coefficient (Wildman–Crippen LogP) is -1.64. The summed E-state index contributed by atoms with van der Waals surface area (Å²) in [6.07, 6.45) is 0. The molecular weight excluding hydrogens is 365 g/mol. The van der Waals surface area contributed by atoms with E-state index in [0.29, 0.717) is 4.47 Å². The van der Waals surface area contributed by atoms with Crippen LogP contribution in [0.3, 0.4) is 0 Å². The van der Waals surface area contributed by atoms with Crippen molar-refractivity contribution in [1.29, 1.82) is 0 Å². The van der Waals surface area contributed by atoms with Crippen molar-refractivity contribution in [2.45, 2.75) is 4.90 Å². The first kappa shape index (κ1) is 13.7. The van der Waals surface area contributed by atoms with Gasteiger partial charge in [-0.1, -0.05) is 12.1 Å². The molecule has 6 heteroatoms. The van der Waals surface area contributed by atoms with Gasteiger partial charge in [-0.25, -0.2) is 8.42 Å². The average Bonchev–Trinajstić information content (AvgIpc) is 1.86. The molecule has 0 N–H and O–H groups in total. The van der Waals surface area contributed by atoms with E-state index in [9.17, 15) is 13.0 Å². The molecule has 0 heterocycles. The van der Waals surface area contributed by atoms with Gasteiger partial charge in [0.2, 0.25) is 0 Å². The number of rotatable bonds is 1. The maximum absolute atomic E-state index is 10.5. The predicted molar refractivity (Wildman–Crippen MR) is 42.1 cm³/mol. The Bertz CT molecular complexity index is 363. The zero-order chi connectivity index (χ0) is 8.48. The van der Waals surface area contributed by atoms with Crippen LogP contribution >= 0.6 is 15.9 Å². The summed E-state index contributed by atoms with van der Waals surface area (Å²) in [7, 11) is -4.33. The second-order valence-electron chi connectivity index (χ2n) is 1.88. The fraction of sp³-hybridized carbons (Fsp3) is 0. The van der Waals surface area contributed by atoms with Gasteiger partial charge in [0.15, 0.2) is 0 Å². The zero-order valence-corrected chi connectivity index (χ0v) is 15.0. The van der Waals surface area contributed by atoms with E-state index in [-0.39, 0.29) is 73.8 Å². The van der Waals surface area contributed by atoms with Gasteiger partial charge >= 0.3 is 68.9 Å². The first-order valence-electron chi connectivity index (χ1n) is 2.72. The van der Waals surface area contributed by atoms with Gasteiger partial charge < -0.3 is 4.55 Å². The van der Waals surface area contributed by atoms with Crippen LogP contribution in [0.15, 0.2) is 33.6 Å². The molecule has 1 aromatic rings. The van der Waals surface area contributed by atoms with Crippen LogP contribution in [0.25, 0.3) is 0 Å². The average molecular weight is 369 g/mol. The zero-order valence-electron chi connectivity index (χ0n) is 6.32. The first-order valence-corrected chi connectivity index (χ1v) is 4.92. The molecule has 0 fully saturated rings. The minimum absolute atomic E-state index is 0. The summed E-state index contributed by atoms with van der Waals surface area (Å²) in [6, 6.07) is 5.89. The summed E-state index contributed by atoms with van der Waals surface area (Å²) in [6.45, 7) is 0. The topological polar surface area (TPSA) is 57.2 Å². The second kappa shape index (κ2) is 5.52. The Morgan fingerprint density at radius 3 is 2.08 bits per heavy atom. The molecule has 0 saturated heterocycles. The van der Waals surface area contributed by atoms with E-state index in [0.717, 1.165) is 0 Å². The molecule has 0 radical (unpaired) electrons. The maximum Gasteiger partial charge on any atom is 1.00 e. The minimum atomic E-state index is -4.33. The Labute approximate surface area is 138 Å². The SMILES string of the molecule is O=S(=O)([O-])c1ccccc1Br.[Cs+]. The fourth-order valence-corrected chi connectivity index (χ4v) is 2.08. The molecule has 0 amide bonds. The molecule has 1 aromatic carbocycles. The van der Waals surface area contributed by atoms with Crippen molar-refractivity contribution in [3.05, 3.63) is 28.7 Å². The smallest absolute Gasteiger partial charge is 0.744 e. The molecule has 0 aromatic heterocycles. The number of halogens is 1. The van der Waals surface area contributed by atoms with Crippen LogP contribution in [0, 0.1) is 0 Å². The normalized spacial score (nSPS) is 10.5. The van der Waals surface area contributed by atoms with Gasteiger partial charge in [-0.05, 0) is 28.1 Å². The van der Waals surface area contributed by atoms with E-state index < -0.39 is 10.1 Å². The third-order valence-corrected chi connectivity index (χ3v) is 2.95. The second-order valence-corrected chi connectivity index (χ2v) is 4.09. The summed E-state index contributed by atoms with van der Waals surface area (Å²) >= 11 is 2.95. The maximum atomic E-state index is 10.5. The molecule has 0 aliphatic heterocycles. The minimum Gasteiger partial charge on any atom is -0.744 e. The standard InChI is InChI=1S/C6H5BrO3S.Cs/c7-5-3-1-2-4-6(5)11(8,9)10;/h1-4H,(H,8,9,10);/q;+1/p-1.